The Morgan fingerprint density at radius 1 is 1.00 bits per heavy atom. The minimum absolute atomic E-state index is 0.0810. The summed E-state index contributed by atoms with van der Waals surface area (Å²) in [5.74, 6) is -0.651. The first-order valence-corrected chi connectivity index (χ1v) is 18.4. The van der Waals surface area contributed by atoms with Crippen molar-refractivity contribution >= 4 is 24.3 Å². The summed E-state index contributed by atoms with van der Waals surface area (Å²) in [5.41, 5.74) is 1.29. The predicted molar refractivity (Wildman–Crippen MR) is 118 cm³/mol. The number of carboxylic acids is 1. The van der Waals surface area contributed by atoms with Gasteiger partial charge in [0.2, 0.25) is 0 Å². The fourth-order valence-electron chi connectivity index (χ4n) is 3.32. The van der Waals surface area contributed by atoms with Gasteiger partial charge in [0.05, 0.1) is 0 Å². The number of unbranched alkanes of at least 4 members (excludes halogenated alkanes) is 3. The molecule has 0 aromatic heterocycles. The normalized spacial score (nSPS) is 14.4. The molecule has 0 bridgehead atoms. The van der Waals surface area contributed by atoms with Crippen molar-refractivity contribution in [2.75, 3.05) is 0 Å². The van der Waals surface area contributed by atoms with Crippen LogP contribution in [0.2, 0.25) is 13.3 Å². The van der Waals surface area contributed by atoms with Gasteiger partial charge < -0.3 is 0 Å². The van der Waals surface area contributed by atoms with Crippen molar-refractivity contribution in [3.63, 3.8) is 0 Å². The zero-order valence-electron chi connectivity index (χ0n) is 17.9. The second kappa shape index (κ2) is 15.5. The summed E-state index contributed by atoms with van der Waals surface area (Å²) < 4.78 is 7.19. The molecule has 0 aliphatic rings. The Morgan fingerprint density at radius 2 is 1.50 bits per heavy atom. The number of rotatable bonds is 15. The van der Waals surface area contributed by atoms with Crippen molar-refractivity contribution in [3.05, 3.63) is 34.0 Å². The standard InChI is InChI=1S/C11H15O2.3C4H9.Sn/c1-4-9(2)6-5-7-10(3)8-11(12)13;3*1-3-4-2;/h1,4-7,10H,8H2,2-3H3,(H,12,13);3*1,3-4H2,2H3;/b4-1?,7-5-,9-6-;;;;/t10-;;;;/m0..../s1. The molecule has 0 unspecified atom stereocenters. The van der Waals surface area contributed by atoms with Crippen LogP contribution in [0, 0.1) is 5.92 Å². The molecule has 0 aliphatic heterocycles. The summed E-state index contributed by atoms with van der Waals surface area (Å²) in [5, 5.41) is 8.83. The van der Waals surface area contributed by atoms with E-state index in [4.69, 9.17) is 5.11 Å². The van der Waals surface area contributed by atoms with Gasteiger partial charge in [0.25, 0.3) is 0 Å². The average Bonchev–Trinajstić information content (AvgIpc) is 2.60. The molecular formula is C23H42O2Sn. The van der Waals surface area contributed by atoms with E-state index in [0.29, 0.717) is 0 Å². The third kappa shape index (κ3) is 12.8. The molecule has 26 heavy (non-hydrogen) atoms. The fourth-order valence-corrected chi connectivity index (χ4v) is 17.7. The molecular weight excluding hydrogens is 427 g/mol. The third-order valence-corrected chi connectivity index (χ3v) is 19.1. The Labute approximate surface area is 166 Å². The van der Waals surface area contributed by atoms with Crippen molar-refractivity contribution in [3.8, 4) is 0 Å². The Hall–Kier alpha value is -0.511. The molecule has 2 nitrogen and oxygen atoms in total. The molecule has 0 saturated carbocycles. The van der Waals surface area contributed by atoms with Crippen LogP contribution in [0.15, 0.2) is 34.0 Å². The first-order valence-electron chi connectivity index (χ1n) is 10.6. The van der Waals surface area contributed by atoms with E-state index in [2.05, 4.69) is 43.9 Å². The van der Waals surface area contributed by atoms with Crippen LogP contribution in [0.4, 0.5) is 0 Å². The van der Waals surface area contributed by atoms with Crippen LogP contribution in [0.25, 0.3) is 0 Å². The Morgan fingerprint density at radius 3 is 1.92 bits per heavy atom. The molecule has 0 rings (SSSR count). The molecule has 0 aromatic carbocycles. The van der Waals surface area contributed by atoms with E-state index in [1.807, 2.05) is 19.1 Å². The van der Waals surface area contributed by atoms with E-state index >= 15 is 0 Å². The summed E-state index contributed by atoms with van der Waals surface area (Å²) >= 11 is -2.18. The van der Waals surface area contributed by atoms with Crippen LogP contribution in [-0.4, -0.2) is 29.5 Å². The van der Waals surface area contributed by atoms with Crippen molar-refractivity contribution in [2.24, 2.45) is 5.92 Å². The Balaban J connectivity index is 5.08. The molecule has 0 spiro atoms. The maximum atomic E-state index is 10.7. The van der Waals surface area contributed by atoms with Gasteiger partial charge in [-0.1, -0.05) is 0 Å². The van der Waals surface area contributed by atoms with Crippen molar-refractivity contribution in [1.29, 1.82) is 0 Å². The molecule has 1 atom stereocenters. The van der Waals surface area contributed by atoms with Crippen LogP contribution in [0.5, 0.6) is 0 Å². The molecule has 1 N–H and O–H groups in total. The van der Waals surface area contributed by atoms with E-state index < -0.39 is 24.3 Å². The van der Waals surface area contributed by atoms with Crippen molar-refractivity contribution in [1.82, 2.24) is 0 Å². The summed E-state index contributed by atoms with van der Waals surface area (Å²) in [6.45, 7) is 11.1. The van der Waals surface area contributed by atoms with Crippen molar-refractivity contribution < 1.29 is 9.90 Å². The molecule has 0 aromatic rings. The quantitative estimate of drug-likeness (QED) is 0.199. The van der Waals surface area contributed by atoms with Crippen molar-refractivity contribution in [2.45, 2.75) is 92.9 Å². The summed E-state index contributed by atoms with van der Waals surface area (Å²) in [6.07, 6.45) is 16.8. The third-order valence-electron chi connectivity index (χ3n) is 5.08. The van der Waals surface area contributed by atoms with Gasteiger partial charge >= 0.3 is 167 Å². The van der Waals surface area contributed by atoms with Crippen LogP contribution in [-0.2, 0) is 4.79 Å². The average molecular weight is 469 g/mol. The molecule has 0 radical (unpaired) electrons. The molecule has 3 heteroatoms. The van der Waals surface area contributed by atoms with Crippen LogP contribution < -0.4 is 0 Å². The number of carboxylic acid groups (broad SMARTS) is 1. The number of carbonyl (C=O) groups is 1. The van der Waals surface area contributed by atoms with Crippen LogP contribution in [0.1, 0.15) is 79.6 Å². The molecule has 150 valence electrons. The SMILES string of the molecule is CCC[CH2][Sn](/[CH]=C/C(C)=C\C=C/[C@H](C)CC(=O)O)([CH2]CCC)[CH2]CCC. The first-order chi connectivity index (χ1) is 12.4. The van der Waals surface area contributed by atoms with Gasteiger partial charge in [-0.05, 0) is 0 Å². The van der Waals surface area contributed by atoms with Gasteiger partial charge in [-0.25, -0.2) is 0 Å². The van der Waals surface area contributed by atoms with Crippen LogP contribution in [0.3, 0.4) is 0 Å². The van der Waals surface area contributed by atoms with Gasteiger partial charge in [0.15, 0.2) is 0 Å². The first kappa shape index (κ1) is 25.5. The molecule has 0 amide bonds. The van der Waals surface area contributed by atoms with Gasteiger partial charge in [-0.15, -0.1) is 0 Å². The topological polar surface area (TPSA) is 37.3 Å². The second-order valence-corrected chi connectivity index (χ2v) is 20.9. The number of hydrogen-bond acceptors (Lipinski definition) is 1. The van der Waals surface area contributed by atoms with Gasteiger partial charge in [0.1, 0.15) is 0 Å². The molecule has 0 saturated heterocycles. The molecule has 0 aliphatic carbocycles. The second-order valence-electron chi connectivity index (χ2n) is 7.88. The maximum absolute atomic E-state index is 10.7. The number of allylic oxidation sites excluding steroid dienone is 5. The fraction of sp³-hybridized carbons (Fsp3) is 0.696. The predicted octanol–water partition coefficient (Wildman–Crippen LogP) is 7.54. The van der Waals surface area contributed by atoms with Crippen LogP contribution >= 0.6 is 0 Å². The monoisotopic (exact) mass is 470 g/mol. The Kier molecular flexibility index (Phi) is 15.2. The molecule has 0 heterocycles. The summed E-state index contributed by atoms with van der Waals surface area (Å²) in [4.78, 5) is 10.7. The Bertz CT molecular complexity index is 441. The van der Waals surface area contributed by atoms with Gasteiger partial charge in [0, 0.05) is 0 Å². The summed E-state index contributed by atoms with van der Waals surface area (Å²) in [6, 6.07) is 0. The van der Waals surface area contributed by atoms with E-state index in [1.165, 1.54) is 57.4 Å². The zero-order chi connectivity index (χ0) is 19.8. The van der Waals surface area contributed by atoms with E-state index in [0.717, 1.165) is 0 Å². The molecule has 0 fully saturated rings. The van der Waals surface area contributed by atoms with E-state index in [9.17, 15) is 4.79 Å². The number of aliphatic carboxylic acids is 1. The van der Waals surface area contributed by atoms with Gasteiger partial charge in [-0.3, -0.25) is 0 Å². The number of hydrogen-bond donors (Lipinski definition) is 1. The van der Waals surface area contributed by atoms with E-state index in [1.54, 1.807) is 0 Å². The minimum atomic E-state index is -2.18. The summed E-state index contributed by atoms with van der Waals surface area (Å²) in [7, 11) is 0. The van der Waals surface area contributed by atoms with Gasteiger partial charge in [-0.2, -0.15) is 0 Å². The zero-order valence-corrected chi connectivity index (χ0v) is 20.7. The van der Waals surface area contributed by atoms with E-state index in [-0.39, 0.29) is 12.3 Å².